The normalized spacial score (nSPS) is 10.6. The first kappa shape index (κ1) is 9.79. The van der Waals surface area contributed by atoms with E-state index >= 15 is 0 Å². The summed E-state index contributed by atoms with van der Waals surface area (Å²) >= 11 is 0. The summed E-state index contributed by atoms with van der Waals surface area (Å²) in [7, 11) is 1.77. The van der Waals surface area contributed by atoms with Gasteiger partial charge in [-0.25, -0.2) is 4.39 Å². The molecule has 0 unspecified atom stereocenters. The lowest BCUT2D eigenvalue weighted by Gasteiger charge is -2.03. The number of aromatic nitrogens is 3. The molecule has 4 nitrogen and oxygen atoms in total. The molecule has 0 bridgehead atoms. The van der Waals surface area contributed by atoms with Gasteiger partial charge in [-0.3, -0.25) is 0 Å². The molecule has 0 atom stereocenters. The third kappa shape index (κ3) is 1.61. The van der Waals surface area contributed by atoms with E-state index in [9.17, 15) is 4.39 Å². The molecule has 2 aromatic rings. The summed E-state index contributed by atoms with van der Waals surface area (Å²) in [4.78, 5) is 0. The number of halogens is 1. The Bertz CT molecular complexity index is 478. The molecule has 0 radical (unpaired) electrons. The highest BCUT2D eigenvalue weighted by Crippen LogP contribution is 2.20. The van der Waals surface area contributed by atoms with Gasteiger partial charge in [0.15, 0.2) is 5.82 Å². The average Bonchev–Trinajstić information content (AvgIpc) is 2.60. The lowest BCUT2D eigenvalue weighted by molar-refractivity contribution is 0.628. The van der Waals surface area contributed by atoms with Gasteiger partial charge in [-0.1, -0.05) is 12.1 Å². The van der Waals surface area contributed by atoms with E-state index in [1.807, 2.05) is 0 Å². The van der Waals surface area contributed by atoms with Crippen LogP contribution >= 0.6 is 0 Å². The van der Waals surface area contributed by atoms with E-state index in [4.69, 9.17) is 5.73 Å². The van der Waals surface area contributed by atoms with Crippen LogP contribution in [-0.4, -0.2) is 14.8 Å². The minimum atomic E-state index is -0.309. The number of hydrogen-bond acceptors (Lipinski definition) is 3. The summed E-state index contributed by atoms with van der Waals surface area (Å²) in [6, 6.07) is 6.46. The van der Waals surface area contributed by atoms with Crippen LogP contribution in [0.3, 0.4) is 0 Å². The van der Waals surface area contributed by atoms with Crippen molar-refractivity contribution >= 4 is 0 Å². The quantitative estimate of drug-likeness (QED) is 0.799. The first-order valence-corrected chi connectivity index (χ1v) is 4.57. The van der Waals surface area contributed by atoms with E-state index in [1.165, 1.54) is 6.07 Å². The molecule has 0 aliphatic heterocycles. The van der Waals surface area contributed by atoms with Crippen LogP contribution < -0.4 is 5.73 Å². The van der Waals surface area contributed by atoms with Crippen molar-refractivity contribution in [3.63, 3.8) is 0 Å². The minimum Gasteiger partial charge on any atom is -0.324 e. The van der Waals surface area contributed by atoms with Gasteiger partial charge in [0.1, 0.15) is 11.6 Å². The van der Waals surface area contributed by atoms with Crippen LogP contribution in [0.2, 0.25) is 0 Å². The van der Waals surface area contributed by atoms with Gasteiger partial charge < -0.3 is 10.3 Å². The van der Waals surface area contributed by atoms with Crippen molar-refractivity contribution < 1.29 is 4.39 Å². The molecule has 78 valence electrons. The third-order valence-corrected chi connectivity index (χ3v) is 2.26. The minimum absolute atomic E-state index is 0.290. The van der Waals surface area contributed by atoms with Gasteiger partial charge in [0.2, 0.25) is 0 Å². The molecule has 0 spiro atoms. The Hall–Kier alpha value is -1.75. The molecular formula is C10H11FN4. The molecule has 1 aromatic heterocycles. The van der Waals surface area contributed by atoms with Crippen LogP contribution in [0, 0.1) is 5.82 Å². The molecule has 5 heteroatoms. The lowest BCUT2D eigenvalue weighted by Crippen LogP contribution is -2.05. The van der Waals surface area contributed by atoms with Crippen molar-refractivity contribution in [2.75, 3.05) is 0 Å². The lowest BCUT2D eigenvalue weighted by atomic mass is 10.2. The number of hydrogen-bond donors (Lipinski definition) is 1. The maximum absolute atomic E-state index is 13.5. The van der Waals surface area contributed by atoms with Crippen LogP contribution in [0.5, 0.6) is 0 Å². The Morgan fingerprint density at radius 1 is 1.33 bits per heavy atom. The zero-order valence-corrected chi connectivity index (χ0v) is 8.31. The van der Waals surface area contributed by atoms with Gasteiger partial charge in [-0.15, -0.1) is 10.2 Å². The van der Waals surface area contributed by atoms with E-state index < -0.39 is 0 Å². The summed E-state index contributed by atoms with van der Waals surface area (Å²) in [6.45, 7) is 0.290. The van der Waals surface area contributed by atoms with Crippen molar-refractivity contribution in [3.8, 4) is 11.4 Å². The summed E-state index contributed by atoms with van der Waals surface area (Å²) < 4.78 is 15.1. The fourth-order valence-electron chi connectivity index (χ4n) is 1.42. The first-order chi connectivity index (χ1) is 7.24. The van der Waals surface area contributed by atoms with Crippen LogP contribution in [0.1, 0.15) is 5.82 Å². The fourth-order valence-corrected chi connectivity index (χ4v) is 1.42. The molecule has 0 aliphatic carbocycles. The van der Waals surface area contributed by atoms with Gasteiger partial charge in [0, 0.05) is 7.05 Å². The second kappa shape index (κ2) is 3.78. The molecule has 0 saturated heterocycles. The SMILES string of the molecule is Cn1c(CN)nnc1-c1ccccc1F. The zero-order valence-electron chi connectivity index (χ0n) is 8.31. The Morgan fingerprint density at radius 2 is 2.07 bits per heavy atom. The van der Waals surface area contributed by atoms with Crippen LogP contribution in [0.4, 0.5) is 4.39 Å². The molecule has 2 N–H and O–H groups in total. The van der Waals surface area contributed by atoms with Gasteiger partial charge in [-0.2, -0.15) is 0 Å². The van der Waals surface area contributed by atoms with E-state index in [2.05, 4.69) is 10.2 Å². The van der Waals surface area contributed by atoms with Crippen molar-refractivity contribution in [2.24, 2.45) is 12.8 Å². The highest BCUT2D eigenvalue weighted by atomic mass is 19.1. The molecule has 2 rings (SSSR count). The Morgan fingerprint density at radius 3 is 2.67 bits per heavy atom. The van der Waals surface area contributed by atoms with Gasteiger partial charge in [0.05, 0.1) is 12.1 Å². The smallest absolute Gasteiger partial charge is 0.166 e. The van der Waals surface area contributed by atoms with Crippen LogP contribution in [-0.2, 0) is 13.6 Å². The third-order valence-electron chi connectivity index (χ3n) is 2.26. The highest BCUT2D eigenvalue weighted by molar-refractivity contribution is 5.55. The second-order valence-electron chi connectivity index (χ2n) is 3.18. The predicted octanol–water partition coefficient (Wildman–Crippen LogP) is 1.08. The number of rotatable bonds is 2. The van der Waals surface area contributed by atoms with Crippen LogP contribution in [0.15, 0.2) is 24.3 Å². The topological polar surface area (TPSA) is 56.7 Å². The highest BCUT2D eigenvalue weighted by Gasteiger charge is 2.12. The molecule has 15 heavy (non-hydrogen) atoms. The number of benzene rings is 1. The number of nitrogens with zero attached hydrogens (tertiary/aromatic N) is 3. The molecule has 1 heterocycles. The average molecular weight is 206 g/mol. The van der Waals surface area contributed by atoms with E-state index in [1.54, 1.807) is 29.8 Å². The molecule has 0 aliphatic rings. The van der Waals surface area contributed by atoms with Crippen molar-refractivity contribution in [3.05, 3.63) is 35.9 Å². The first-order valence-electron chi connectivity index (χ1n) is 4.57. The molecule has 0 saturated carbocycles. The van der Waals surface area contributed by atoms with Crippen molar-refractivity contribution in [2.45, 2.75) is 6.54 Å². The summed E-state index contributed by atoms with van der Waals surface area (Å²) in [5.41, 5.74) is 5.90. The Balaban J connectivity index is 2.55. The monoisotopic (exact) mass is 206 g/mol. The zero-order chi connectivity index (χ0) is 10.8. The maximum Gasteiger partial charge on any atom is 0.166 e. The Labute approximate surface area is 86.6 Å². The van der Waals surface area contributed by atoms with E-state index in [0.717, 1.165) is 0 Å². The van der Waals surface area contributed by atoms with E-state index in [0.29, 0.717) is 17.2 Å². The standard InChI is InChI=1S/C10H11FN4/c1-15-9(6-12)13-14-10(15)7-4-2-3-5-8(7)11/h2-5H,6,12H2,1H3. The van der Waals surface area contributed by atoms with Gasteiger partial charge in [-0.05, 0) is 12.1 Å². The summed E-state index contributed by atoms with van der Waals surface area (Å²) in [5.74, 6) is 0.818. The molecule has 1 aromatic carbocycles. The van der Waals surface area contributed by atoms with E-state index in [-0.39, 0.29) is 12.4 Å². The maximum atomic E-state index is 13.5. The van der Waals surface area contributed by atoms with Gasteiger partial charge in [0.25, 0.3) is 0 Å². The molecule has 0 fully saturated rings. The number of nitrogens with two attached hydrogens (primary N) is 1. The van der Waals surface area contributed by atoms with Crippen molar-refractivity contribution in [1.82, 2.24) is 14.8 Å². The summed E-state index contributed by atoms with van der Waals surface area (Å²) in [6.07, 6.45) is 0. The van der Waals surface area contributed by atoms with Gasteiger partial charge >= 0.3 is 0 Å². The summed E-state index contributed by atoms with van der Waals surface area (Å²) in [5, 5.41) is 7.78. The molecule has 0 amide bonds. The second-order valence-corrected chi connectivity index (χ2v) is 3.18. The Kier molecular flexibility index (Phi) is 2.47. The van der Waals surface area contributed by atoms with Crippen LogP contribution in [0.25, 0.3) is 11.4 Å². The predicted molar refractivity (Wildman–Crippen MR) is 54.3 cm³/mol. The largest absolute Gasteiger partial charge is 0.324 e. The fraction of sp³-hybridized carbons (Fsp3) is 0.200. The molecular weight excluding hydrogens is 195 g/mol. The van der Waals surface area contributed by atoms with Crippen molar-refractivity contribution in [1.29, 1.82) is 0 Å².